The van der Waals surface area contributed by atoms with Crippen molar-refractivity contribution in [3.05, 3.63) is 85.5 Å². The molecule has 156 valence electrons. The van der Waals surface area contributed by atoms with Gasteiger partial charge in [0.25, 0.3) is 5.56 Å². The second kappa shape index (κ2) is 9.45. The Morgan fingerprint density at radius 1 is 1.13 bits per heavy atom. The van der Waals surface area contributed by atoms with Gasteiger partial charge in [0, 0.05) is 11.0 Å². The topological polar surface area (TPSA) is 113 Å². The Bertz CT molecular complexity index is 1160. The van der Waals surface area contributed by atoms with E-state index in [-0.39, 0.29) is 30.5 Å². The number of aromatic nitrogens is 2. The summed E-state index contributed by atoms with van der Waals surface area (Å²) in [6.45, 7) is 2.25. The molecular formula is C21H22BrN5O3. The van der Waals surface area contributed by atoms with Gasteiger partial charge in [-0.3, -0.25) is 19.1 Å². The van der Waals surface area contributed by atoms with Crippen molar-refractivity contribution in [2.75, 3.05) is 29.0 Å². The van der Waals surface area contributed by atoms with Crippen molar-refractivity contribution in [2.45, 2.75) is 13.5 Å². The van der Waals surface area contributed by atoms with Crippen LogP contribution in [0.25, 0.3) is 0 Å². The number of nitrogen functional groups attached to an aromatic ring is 1. The number of nitrogens with two attached hydrogens (primary N) is 1. The first-order valence-electron chi connectivity index (χ1n) is 9.36. The van der Waals surface area contributed by atoms with Gasteiger partial charge in [0.2, 0.25) is 5.91 Å². The number of hydrogen-bond donors (Lipinski definition) is 3. The maximum atomic E-state index is 12.6. The number of anilines is 3. The number of nitrogens with zero attached hydrogens (tertiary/aromatic N) is 2. The van der Waals surface area contributed by atoms with E-state index in [9.17, 15) is 14.4 Å². The van der Waals surface area contributed by atoms with Gasteiger partial charge in [0.1, 0.15) is 11.5 Å². The quantitative estimate of drug-likeness (QED) is 0.489. The minimum atomic E-state index is -0.627. The van der Waals surface area contributed by atoms with Crippen LogP contribution in [0.1, 0.15) is 12.5 Å². The summed E-state index contributed by atoms with van der Waals surface area (Å²) in [5, 5.41) is 2.80. The number of benzene rings is 2. The lowest BCUT2D eigenvalue weighted by Crippen LogP contribution is -2.41. The summed E-state index contributed by atoms with van der Waals surface area (Å²) < 4.78 is 2.04. The molecular weight excluding hydrogens is 450 g/mol. The average molecular weight is 472 g/mol. The fourth-order valence-corrected chi connectivity index (χ4v) is 3.46. The predicted molar refractivity (Wildman–Crippen MR) is 122 cm³/mol. The van der Waals surface area contributed by atoms with Crippen LogP contribution in [0, 0.1) is 0 Å². The molecule has 0 spiro atoms. The molecule has 0 unspecified atom stereocenters. The number of amides is 1. The maximum absolute atomic E-state index is 12.6. The summed E-state index contributed by atoms with van der Waals surface area (Å²) in [7, 11) is 0. The van der Waals surface area contributed by atoms with Crippen LogP contribution in [0.4, 0.5) is 17.2 Å². The van der Waals surface area contributed by atoms with Crippen LogP contribution < -0.4 is 27.2 Å². The lowest BCUT2D eigenvalue weighted by Gasteiger charge is -2.24. The number of carbonyl (C=O) groups is 1. The van der Waals surface area contributed by atoms with E-state index in [0.717, 1.165) is 10.0 Å². The summed E-state index contributed by atoms with van der Waals surface area (Å²) in [5.41, 5.74) is 6.57. The second-order valence-electron chi connectivity index (χ2n) is 6.61. The Morgan fingerprint density at radius 3 is 2.47 bits per heavy atom. The molecule has 8 nitrogen and oxygen atoms in total. The summed E-state index contributed by atoms with van der Waals surface area (Å²) in [6, 6.07) is 16.5. The highest BCUT2D eigenvalue weighted by Gasteiger charge is 2.20. The molecule has 0 aliphatic rings. The fraction of sp³-hybridized carbons (Fsp3) is 0.190. The normalized spacial score (nSPS) is 10.6. The SMILES string of the molecule is CCN(CC(=O)Nc1ccccc1Br)c1c(N)n(Cc2ccccc2)c(=O)[nH]c1=O. The summed E-state index contributed by atoms with van der Waals surface area (Å²) in [6.07, 6.45) is 0. The lowest BCUT2D eigenvalue weighted by atomic mass is 10.2. The van der Waals surface area contributed by atoms with E-state index in [0.29, 0.717) is 12.2 Å². The third-order valence-electron chi connectivity index (χ3n) is 4.58. The van der Waals surface area contributed by atoms with Crippen molar-refractivity contribution in [1.29, 1.82) is 0 Å². The summed E-state index contributed by atoms with van der Waals surface area (Å²) in [4.78, 5) is 41.3. The third kappa shape index (κ3) is 4.80. The monoisotopic (exact) mass is 471 g/mol. The molecule has 0 aliphatic heterocycles. The van der Waals surface area contributed by atoms with Crippen LogP contribution in [0.5, 0.6) is 0 Å². The maximum Gasteiger partial charge on any atom is 0.330 e. The summed E-state index contributed by atoms with van der Waals surface area (Å²) >= 11 is 3.38. The summed E-state index contributed by atoms with van der Waals surface area (Å²) in [5.74, 6) is -0.300. The number of aromatic amines is 1. The molecule has 0 atom stereocenters. The number of halogens is 1. The van der Waals surface area contributed by atoms with Crippen LogP contribution in [0.15, 0.2) is 68.7 Å². The molecule has 4 N–H and O–H groups in total. The molecule has 9 heteroatoms. The number of rotatable bonds is 7. The van der Waals surface area contributed by atoms with Gasteiger partial charge in [0.15, 0.2) is 0 Å². The zero-order valence-electron chi connectivity index (χ0n) is 16.4. The minimum Gasteiger partial charge on any atom is -0.383 e. The van der Waals surface area contributed by atoms with Gasteiger partial charge < -0.3 is 16.0 Å². The molecule has 3 rings (SSSR count). The van der Waals surface area contributed by atoms with E-state index in [4.69, 9.17) is 5.73 Å². The molecule has 0 bridgehead atoms. The van der Waals surface area contributed by atoms with Gasteiger partial charge >= 0.3 is 5.69 Å². The number of nitrogens with one attached hydrogen (secondary N) is 2. The van der Waals surface area contributed by atoms with E-state index in [1.165, 1.54) is 4.57 Å². The van der Waals surface area contributed by atoms with Crippen LogP contribution >= 0.6 is 15.9 Å². The van der Waals surface area contributed by atoms with Crippen LogP contribution in [-0.2, 0) is 11.3 Å². The van der Waals surface area contributed by atoms with Gasteiger partial charge in [-0.2, -0.15) is 0 Å². The lowest BCUT2D eigenvalue weighted by molar-refractivity contribution is -0.115. The Kier molecular flexibility index (Phi) is 6.73. The van der Waals surface area contributed by atoms with Gasteiger partial charge in [0.05, 0.1) is 18.8 Å². The number of hydrogen-bond acceptors (Lipinski definition) is 5. The van der Waals surface area contributed by atoms with Gasteiger partial charge in [-0.15, -0.1) is 0 Å². The van der Waals surface area contributed by atoms with Gasteiger partial charge in [-0.25, -0.2) is 4.79 Å². The highest BCUT2D eigenvalue weighted by Crippen LogP contribution is 2.22. The molecule has 2 aromatic carbocycles. The number of likely N-dealkylation sites (N-methyl/N-ethyl adjacent to an activating group) is 1. The van der Waals surface area contributed by atoms with Crippen LogP contribution in [-0.4, -0.2) is 28.5 Å². The van der Waals surface area contributed by atoms with Crippen molar-refractivity contribution in [3.63, 3.8) is 0 Å². The zero-order valence-corrected chi connectivity index (χ0v) is 18.0. The molecule has 0 aliphatic carbocycles. The molecule has 1 amide bonds. The fourth-order valence-electron chi connectivity index (χ4n) is 3.08. The molecule has 0 saturated carbocycles. The highest BCUT2D eigenvalue weighted by atomic mass is 79.9. The molecule has 30 heavy (non-hydrogen) atoms. The first-order valence-corrected chi connectivity index (χ1v) is 10.2. The van der Waals surface area contributed by atoms with Crippen molar-refractivity contribution in [1.82, 2.24) is 9.55 Å². The third-order valence-corrected chi connectivity index (χ3v) is 5.27. The Labute approximate surface area is 181 Å². The zero-order chi connectivity index (χ0) is 21.7. The number of para-hydroxylation sites is 1. The number of carbonyl (C=O) groups excluding carboxylic acids is 1. The van der Waals surface area contributed by atoms with Crippen LogP contribution in [0.3, 0.4) is 0 Å². The number of H-pyrrole nitrogens is 1. The van der Waals surface area contributed by atoms with E-state index < -0.39 is 11.2 Å². The molecule has 1 aromatic heterocycles. The second-order valence-corrected chi connectivity index (χ2v) is 7.46. The highest BCUT2D eigenvalue weighted by molar-refractivity contribution is 9.10. The van der Waals surface area contributed by atoms with Crippen molar-refractivity contribution in [3.8, 4) is 0 Å². The average Bonchev–Trinajstić information content (AvgIpc) is 2.72. The molecule has 3 aromatic rings. The van der Waals surface area contributed by atoms with E-state index in [1.54, 1.807) is 24.0 Å². The predicted octanol–water partition coefficient (Wildman–Crippen LogP) is 2.39. The largest absolute Gasteiger partial charge is 0.383 e. The van der Waals surface area contributed by atoms with Gasteiger partial charge in [-0.05, 0) is 40.5 Å². The van der Waals surface area contributed by atoms with Crippen molar-refractivity contribution in [2.24, 2.45) is 0 Å². The van der Waals surface area contributed by atoms with Crippen molar-refractivity contribution < 1.29 is 4.79 Å². The molecule has 0 saturated heterocycles. The molecule has 1 heterocycles. The van der Waals surface area contributed by atoms with Crippen LogP contribution in [0.2, 0.25) is 0 Å². The standard InChI is InChI=1S/C21H22BrN5O3/c1-2-26(13-17(28)24-16-11-7-6-10-15(16)22)18-19(23)27(21(30)25-20(18)29)12-14-8-4-3-5-9-14/h3-11H,2,12-13,23H2,1H3,(H,24,28)(H,25,29,30). The van der Waals surface area contributed by atoms with E-state index >= 15 is 0 Å². The first-order chi connectivity index (χ1) is 14.4. The molecule has 0 fully saturated rings. The van der Waals surface area contributed by atoms with Gasteiger partial charge in [-0.1, -0.05) is 42.5 Å². The van der Waals surface area contributed by atoms with Crippen molar-refractivity contribution >= 4 is 39.0 Å². The first kappa shape index (κ1) is 21.4. The Balaban J connectivity index is 1.89. The Hall–Kier alpha value is -3.33. The minimum absolute atomic E-state index is 0.0168. The smallest absolute Gasteiger partial charge is 0.330 e. The Morgan fingerprint density at radius 2 is 1.80 bits per heavy atom. The van der Waals surface area contributed by atoms with E-state index in [1.807, 2.05) is 42.5 Å². The van der Waals surface area contributed by atoms with E-state index in [2.05, 4.69) is 26.2 Å². The molecule has 0 radical (unpaired) electrons.